The minimum absolute atomic E-state index is 0.735. The van der Waals surface area contributed by atoms with Crippen molar-refractivity contribution in [1.82, 2.24) is 4.98 Å². The summed E-state index contributed by atoms with van der Waals surface area (Å²) in [5.41, 5.74) is 1.31. The van der Waals surface area contributed by atoms with E-state index < -0.39 is 0 Å². The van der Waals surface area contributed by atoms with Gasteiger partial charge in [0, 0.05) is 22.2 Å². The predicted molar refractivity (Wildman–Crippen MR) is 63.2 cm³/mol. The van der Waals surface area contributed by atoms with Gasteiger partial charge in [-0.25, -0.2) is 0 Å². The molecule has 0 amide bonds. The van der Waals surface area contributed by atoms with Crippen LogP contribution in [0.3, 0.4) is 0 Å². The van der Waals surface area contributed by atoms with Gasteiger partial charge in [0.2, 0.25) is 0 Å². The van der Waals surface area contributed by atoms with E-state index in [1.807, 2.05) is 12.4 Å². The molecule has 0 bridgehead atoms. The van der Waals surface area contributed by atoms with E-state index in [-0.39, 0.29) is 0 Å². The minimum atomic E-state index is 0.735. The van der Waals surface area contributed by atoms with Crippen molar-refractivity contribution in [2.45, 2.75) is 19.8 Å². The Balaban J connectivity index is 2.45. The highest BCUT2D eigenvalue weighted by Gasteiger charge is 2.01. The van der Waals surface area contributed by atoms with E-state index in [2.05, 4.69) is 49.8 Å². The van der Waals surface area contributed by atoms with Crippen LogP contribution in [-0.2, 0) is 6.42 Å². The molecular formula is C10H13Br2N. The van der Waals surface area contributed by atoms with Gasteiger partial charge in [0.25, 0.3) is 0 Å². The Morgan fingerprint density at radius 3 is 2.85 bits per heavy atom. The van der Waals surface area contributed by atoms with Gasteiger partial charge in [-0.15, -0.1) is 0 Å². The highest BCUT2D eigenvalue weighted by Crippen LogP contribution is 2.14. The van der Waals surface area contributed by atoms with Crippen LogP contribution >= 0.6 is 31.9 Å². The summed E-state index contributed by atoms with van der Waals surface area (Å²) in [7, 11) is 0. The third-order valence-electron chi connectivity index (χ3n) is 1.95. The zero-order valence-corrected chi connectivity index (χ0v) is 10.8. The summed E-state index contributed by atoms with van der Waals surface area (Å²) in [6, 6.07) is 2.13. The van der Waals surface area contributed by atoms with Crippen molar-refractivity contribution in [2.24, 2.45) is 5.92 Å². The quantitative estimate of drug-likeness (QED) is 0.771. The molecule has 72 valence electrons. The fourth-order valence-electron chi connectivity index (χ4n) is 1.08. The second kappa shape index (κ2) is 5.76. The molecule has 1 nitrogen and oxygen atoms in total. The van der Waals surface area contributed by atoms with E-state index in [0.29, 0.717) is 0 Å². The highest BCUT2D eigenvalue weighted by molar-refractivity contribution is 9.10. The molecule has 0 radical (unpaired) electrons. The average Bonchev–Trinajstić information content (AvgIpc) is 2.14. The number of rotatable bonds is 4. The lowest BCUT2D eigenvalue weighted by molar-refractivity contribution is 0.599. The Morgan fingerprint density at radius 2 is 2.23 bits per heavy atom. The molecule has 0 aliphatic rings. The van der Waals surface area contributed by atoms with Crippen LogP contribution < -0.4 is 0 Å². The van der Waals surface area contributed by atoms with E-state index in [9.17, 15) is 0 Å². The summed E-state index contributed by atoms with van der Waals surface area (Å²) >= 11 is 6.89. The molecule has 0 aliphatic heterocycles. The van der Waals surface area contributed by atoms with Gasteiger partial charge in [0.1, 0.15) is 0 Å². The smallest absolute Gasteiger partial charge is 0.0410 e. The third kappa shape index (κ3) is 4.23. The first-order valence-electron chi connectivity index (χ1n) is 4.37. The van der Waals surface area contributed by atoms with Gasteiger partial charge in [-0.1, -0.05) is 22.9 Å². The standard InChI is InChI=1S/C10H13Br2N/c1-8(5-11)2-3-9-4-10(12)7-13-6-9/h4,6-8H,2-3,5H2,1H3. The maximum absolute atomic E-state index is 4.13. The van der Waals surface area contributed by atoms with Gasteiger partial charge in [-0.2, -0.15) is 0 Å². The summed E-state index contributed by atoms with van der Waals surface area (Å²) in [5.74, 6) is 0.735. The van der Waals surface area contributed by atoms with E-state index in [1.54, 1.807) is 0 Å². The lowest BCUT2D eigenvalue weighted by Crippen LogP contribution is -1.98. The summed E-state index contributed by atoms with van der Waals surface area (Å²) in [5, 5.41) is 1.08. The summed E-state index contributed by atoms with van der Waals surface area (Å²) < 4.78 is 1.07. The molecule has 1 aromatic heterocycles. The molecule has 1 rings (SSSR count). The van der Waals surface area contributed by atoms with Crippen molar-refractivity contribution in [1.29, 1.82) is 0 Å². The lowest BCUT2D eigenvalue weighted by atomic mass is 10.0. The van der Waals surface area contributed by atoms with Crippen molar-refractivity contribution in [3.8, 4) is 0 Å². The van der Waals surface area contributed by atoms with Gasteiger partial charge in [0.15, 0.2) is 0 Å². The lowest BCUT2D eigenvalue weighted by Gasteiger charge is -2.06. The van der Waals surface area contributed by atoms with Gasteiger partial charge < -0.3 is 0 Å². The maximum Gasteiger partial charge on any atom is 0.0410 e. The third-order valence-corrected chi connectivity index (χ3v) is 3.49. The number of alkyl halides is 1. The monoisotopic (exact) mass is 305 g/mol. The van der Waals surface area contributed by atoms with Gasteiger partial charge >= 0.3 is 0 Å². The fourth-order valence-corrected chi connectivity index (χ4v) is 1.82. The highest BCUT2D eigenvalue weighted by atomic mass is 79.9. The molecular weight excluding hydrogens is 294 g/mol. The van der Waals surface area contributed by atoms with Gasteiger partial charge in [0.05, 0.1) is 0 Å². The van der Waals surface area contributed by atoms with Gasteiger partial charge in [-0.05, 0) is 46.3 Å². The second-order valence-corrected chi connectivity index (χ2v) is 4.87. The van der Waals surface area contributed by atoms with E-state index in [1.165, 1.54) is 12.0 Å². The fraction of sp³-hybridized carbons (Fsp3) is 0.500. The first-order valence-corrected chi connectivity index (χ1v) is 6.29. The first-order chi connectivity index (χ1) is 6.22. The van der Waals surface area contributed by atoms with Crippen molar-refractivity contribution in [2.75, 3.05) is 5.33 Å². The van der Waals surface area contributed by atoms with Crippen molar-refractivity contribution in [3.63, 3.8) is 0 Å². The topological polar surface area (TPSA) is 12.9 Å². The predicted octanol–water partition coefficient (Wildman–Crippen LogP) is 3.81. The molecule has 1 atom stereocenters. The average molecular weight is 307 g/mol. The molecule has 0 N–H and O–H groups in total. The number of halogens is 2. The summed E-state index contributed by atoms with van der Waals surface area (Å²) in [4.78, 5) is 4.13. The van der Waals surface area contributed by atoms with E-state index in [4.69, 9.17) is 0 Å². The van der Waals surface area contributed by atoms with Crippen LogP contribution in [0.15, 0.2) is 22.9 Å². The first kappa shape index (κ1) is 11.2. The van der Waals surface area contributed by atoms with E-state index >= 15 is 0 Å². The van der Waals surface area contributed by atoms with Crippen LogP contribution in [0.4, 0.5) is 0 Å². The van der Waals surface area contributed by atoms with Crippen molar-refractivity contribution < 1.29 is 0 Å². The Morgan fingerprint density at radius 1 is 1.46 bits per heavy atom. The number of hydrogen-bond acceptors (Lipinski definition) is 1. The normalized spacial score (nSPS) is 12.8. The largest absolute Gasteiger partial charge is 0.263 e. The summed E-state index contributed by atoms with van der Waals surface area (Å²) in [6.07, 6.45) is 6.08. The van der Waals surface area contributed by atoms with E-state index in [0.717, 1.165) is 22.1 Å². The van der Waals surface area contributed by atoms with Gasteiger partial charge in [-0.3, -0.25) is 4.98 Å². The number of pyridine rings is 1. The minimum Gasteiger partial charge on any atom is -0.263 e. The molecule has 0 aromatic carbocycles. The molecule has 1 aromatic rings. The zero-order chi connectivity index (χ0) is 9.68. The van der Waals surface area contributed by atoms with Crippen LogP contribution in [0.1, 0.15) is 18.9 Å². The molecule has 0 aliphatic carbocycles. The molecule has 1 heterocycles. The van der Waals surface area contributed by atoms with Crippen molar-refractivity contribution >= 4 is 31.9 Å². The molecule has 3 heteroatoms. The molecule has 0 fully saturated rings. The molecule has 0 saturated heterocycles. The molecule has 0 saturated carbocycles. The Labute approximate surface area is 96.2 Å². The van der Waals surface area contributed by atoms with Crippen LogP contribution in [0.25, 0.3) is 0 Å². The Hall–Kier alpha value is 0.110. The second-order valence-electron chi connectivity index (χ2n) is 3.31. The molecule has 0 spiro atoms. The zero-order valence-electron chi connectivity index (χ0n) is 7.63. The van der Waals surface area contributed by atoms with Crippen LogP contribution in [0.2, 0.25) is 0 Å². The van der Waals surface area contributed by atoms with Crippen LogP contribution in [-0.4, -0.2) is 10.3 Å². The summed E-state index contributed by atoms with van der Waals surface area (Å²) in [6.45, 7) is 2.25. The Bertz CT molecular complexity index is 263. The molecule has 13 heavy (non-hydrogen) atoms. The number of hydrogen-bond donors (Lipinski definition) is 0. The number of aromatic nitrogens is 1. The SMILES string of the molecule is CC(CBr)CCc1cncc(Br)c1. The van der Waals surface area contributed by atoms with Crippen molar-refractivity contribution in [3.05, 3.63) is 28.5 Å². The molecule has 1 unspecified atom stereocenters. The van der Waals surface area contributed by atoms with Crippen LogP contribution in [0, 0.1) is 5.92 Å². The maximum atomic E-state index is 4.13. The van der Waals surface area contributed by atoms with Crippen LogP contribution in [0.5, 0.6) is 0 Å². The Kier molecular flexibility index (Phi) is 4.96. The number of aryl methyl sites for hydroxylation is 1. The number of nitrogens with zero attached hydrogens (tertiary/aromatic N) is 1.